The summed E-state index contributed by atoms with van der Waals surface area (Å²) >= 11 is 1.34. The summed E-state index contributed by atoms with van der Waals surface area (Å²) in [6.45, 7) is 6.91. The van der Waals surface area contributed by atoms with Gasteiger partial charge in [-0.15, -0.1) is 0 Å². The van der Waals surface area contributed by atoms with Crippen molar-refractivity contribution in [2.24, 2.45) is 10.9 Å². The van der Waals surface area contributed by atoms with Gasteiger partial charge in [0.2, 0.25) is 11.8 Å². The fourth-order valence-corrected chi connectivity index (χ4v) is 3.12. The van der Waals surface area contributed by atoms with Crippen LogP contribution in [0.15, 0.2) is 29.3 Å². The lowest BCUT2D eigenvalue weighted by Crippen LogP contribution is -2.28. The van der Waals surface area contributed by atoms with E-state index in [1.165, 1.54) is 11.8 Å². The molecular formula is C17H23N3O2S. The maximum Gasteiger partial charge on any atom is 0.240 e. The van der Waals surface area contributed by atoms with Gasteiger partial charge in [0.1, 0.15) is 5.25 Å². The monoisotopic (exact) mass is 333 g/mol. The van der Waals surface area contributed by atoms with Crippen molar-refractivity contribution in [1.29, 1.82) is 0 Å². The molecule has 0 radical (unpaired) electrons. The number of para-hydroxylation sites is 1. The van der Waals surface area contributed by atoms with E-state index in [2.05, 4.69) is 29.5 Å². The number of carbonyl (C=O) groups is 2. The minimum atomic E-state index is -0.406. The van der Waals surface area contributed by atoms with Gasteiger partial charge in [-0.1, -0.05) is 43.8 Å². The van der Waals surface area contributed by atoms with Gasteiger partial charge in [-0.25, -0.2) is 0 Å². The molecule has 1 aromatic carbocycles. The Balaban J connectivity index is 1.87. The van der Waals surface area contributed by atoms with Crippen LogP contribution in [0.2, 0.25) is 0 Å². The quantitative estimate of drug-likeness (QED) is 0.841. The number of benzene rings is 1. The average molecular weight is 333 g/mol. The number of aryl methyl sites for hydroxylation is 1. The second-order valence-corrected chi connectivity index (χ2v) is 7.22. The molecule has 1 heterocycles. The van der Waals surface area contributed by atoms with Crippen molar-refractivity contribution < 1.29 is 9.59 Å². The first kappa shape index (κ1) is 17.5. The molecule has 5 nitrogen and oxygen atoms in total. The van der Waals surface area contributed by atoms with E-state index in [1.54, 1.807) is 0 Å². The van der Waals surface area contributed by atoms with Crippen LogP contribution < -0.4 is 10.6 Å². The molecule has 2 N–H and O–H groups in total. The fraction of sp³-hybridized carbons (Fsp3) is 0.471. The smallest absolute Gasteiger partial charge is 0.240 e. The number of nitrogens with zero attached hydrogens (tertiary/aromatic N) is 1. The maximum atomic E-state index is 12.1. The minimum absolute atomic E-state index is 0.141. The van der Waals surface area contributed by atoms with Gasteiger partial charge in [0.15, 0.2) is 5.17 Å². The first-order valence-corrected chi connectivity index (χ1v) is 8.71. The van der Waals surface area contributed by atoms with Gasteiger partial charge in [0.25, 0.3) is 0 Å². The van der Waals surface area contributed by atoms with Crippen LogP contribution in [-0.4, -0.2) is 28.8 Å². The Kier molecular flexibility index (Phi) is 6.21. The highest BCUT2D eigenvalue weighted by molar-refractivity contribution is 8.15. The summed E-state index contributed by atoms with van der Waals surface area (Å²) in [5.41, 5.74) is 1.78. The summed E-state index contributed by atoms with van der Waals surface area (Å²) in [5.74, 6) is 0.283. The zero-order valence-corrected chi connectivity index (χ0v) is 14.6. The first-order chi connectivity index (χ1) is 11.0. The Morgan fingerprint density at radius 1 is 1.39 bits per heavy atom. The fourth-order valence-electron chi connectivity index (χ4n) is 2.12. The molecule has 124 valence electrons. The third-order valence-electron chi connectivity index (χ3n) is 3.53. The van der Waals surface area contributed by atoms with Gasteiger partial charge < -0.3 is 10.6 Å². The molecule has 0 bridgehead atoms. The van der Waals surface area contributed by atoms with Crippen LogP contribution in [-0.2, 0) is 9.59 Å². The molecule has 0 spiro atoms. The number of carbonyl (C=O) groups excluding carboxylic acids is 2. The van der Waals surface area contributed by atoms with Crippen molar-refractivity contribution in [3.63, 3.8) is 0 Å². The molecule has 1 aliphatic rings. The molecule has 1 fully saturated rings. The van der Waals surface area contributed by atoms with E-state index in [0.717, 1.165) is 17.7 Å². The number of nitrogens with one attached hydrogen (secondary N) is 2. The molecule has 23 heavy (non-hydrogen) atoms. The molecule has 0 saturated carbocycles. The Hall–Kier alpha value is -1.82. The van der Waals surface area contributed by atoms with E-state index >= 15 is 0 Å². The zero-order chi connectivity index (χ0) is 16.8. The lowest BCUT2D eigenvalue weighted by atomic mass is 10.1. The number of amides is 2. The second kappa shape index (κ2) is 8.15. The van der Waals surface area contributed by atoms with Crippen molar-refractivity contribution in [1.82, 2.24) is 5.32 Å². The lowest BCUT2D eigenvalue weighted by Gasteiger charge is -2.09. The van der Waals surface area contributed by atoms with Gasteiger partial charge >= 0.3 is 0 Å². The van der Waals surface area contributed by atoms with Crippen molar-refractivity contribution in [3.8, 4) is 0 Å². The standard InChI is InChI=1S/C17H23N3O2S/c1-11(2)8-9-18-17-20-16(22)14(23-17)10-15(21)19-13-7-5-4-6-12(13)3/h4-7,11,14H,8-10H2,1-3H3,(H,19,21)(H,18,20,22)/t14-/m0/s1. The number of amidine groups is 1. The lowest BCUT2D eigenvalue weighted by molar-refractivity contribution is -0.122. The van der Waals surface area contributed by atoms with E-state index in [-0.39, 0.29) is 18.2 Å². The maximum absolute atomic E-state index is 12.1. The predicted molar refractivity (Wildman–Crippen MR) is 95.7 cm³/mol. The molecule has 2 rings (SSSR count). The van der Waals surface area contributed by atoms with E-state index in [0.29, 0.717) is 17.6 Å². The topological polar surface area (TPSA) is 70.6 Å². The molecule has 1 atom stereocenters. The van der Waals surface area contributed by atoms with E-state index in [9.17, 15) is 9.59 Å². The van der Waals surface area contributed by atoms with E-state index in [4.69, 9.17) is 0 Å². The summed E-state index contributed by atoms with van der Waals surface area (Å²) in [5, 5.41) is 5.83. The number of hydrogen-bond acceptors (Lipinski definition) is 4. The summed E-state index contributed by atoms with van der Waals surface area (Å²) < 4.78 is 0. The van der Waals surface area contributed by atoms with Gasteiger partial charge in [0, 0.05) is 18.7 Å². The molecule has 1 aromatic rings. The van der Waals surface area contributed by atoms with Crippen LogP contribution in [0.25, 0.3) is 0 Å². The number of anilines is 1. The van der Waals surface area contributed by atoms with Crippen LogP contribution in [0.1, 0.15) is 32.3 Å². The predicted octanol–water partition coefficient (Wildman–Crippen LogP) is 2.96. The Bertz CT molecular complexity index is 614. The third kappa shape index (κ3) is 5.39. The number of rotatable bonds is 6. The normalized spacial score (nSPS) is 19.2. The van der Waals surface area contributed by atoms with Crippen LogP contribution in [0, 0.1) is 12.8 Å². The van der Waals surface area contributed by atoms with Crippen LogP contribution >= 0.6 is 11.8 Å². The molecular weight excluding hydrogens is 310 g/mol. The molecule has 1 aliphatic heterocycles. The van der Waals surface area contributed by atoms with Gasteiger partial charge in [-0.2, -0.15) is 0 Å². The summed E-state index contributed by atoms with van der Waals surface area (Å²) in [4.78, 5) is 28.5. The summed E-state index contributed by atoms with van der Waals surface area (Å²) in [6, 6.07) is 7.59. The van der Waals surface area contributed by atoms with Crippen LogP contribution in [0.5, 0.6) is 0 Å². The summed E-state index contributed by atoms with van der Waals surface area (Å²) in [6.07, 6.45) is 1.13. The molecule has 2 amide bonds. The Morgan fingerprint density at radius 3 is 2.83 bits per heavy atom. The van der Waals surface area contributed by atoms with Gasteiger partial charge in [0.05, 0.1) is 0 Å². The highest BCUT2D eigenvalue weighted by atomic mass is 32.2. The molecule has 6 heteroatoms. The van der Waals surface area contributed by atoms with Crippen molar-refractivity contribution >= 4 is 34.4 Å². The number of aliphatic imine (C=N–C) groups is 1. The largest absolute Gasteiger partial charge is 0.326 e. The minimum Gasteiger partial charge on any atom is -0.326 e. The highest BCUT2D eigenvalue weighted by Crippen LogP contribution is 2.23. The van der Waals surface area contributed by atoms with Gasteiger partial charge in [-0.05, 0) is 30.9 Å². The SMILES string of the molecule is Cc1ccccc1NC(=O)C[C@@H]1SC(=NCCC(C)C)NC1=O. The van der Waals surface area contributed by atoms with Crippen molar-refractivity contribution in [3.05, 3.63) is 29.8 Å². The molecule has 0 aromatic heterocycles. The van der Waals surface area contributed by atoms with Crippen molar-refractivity contribution in [2.45, 2.75) is 38.9 Å². The Morgan fingerprint density at radius 2 is 2.13 bits per heavy atom. The van der Waals surface area contributed by atoms with Crippen molar-refractivity contribution in [2.75, 3.05) is 11.9 Å². The van der Waals surface area contributed by atoms with Crippen LogP contribution in [0.3, 0.4) is 0 Å². The van der Waals surface area contributed by atoms with Gasteiger partial charge in [-0.3, -0.25) is 14.6 Å². The second-order valence-electron chi connectivity index (χ2n) is 6.03. The number of thioether (sulfide) groups is 1. The van der Waals surface area contributed by atoms with Crippen LogP contribution in [0.4, 0.5) is 5.69 Å². The molecule has 0 unspecified atom stereocenters. The van der Waals surface area contributed by atoms with E-state index in [1.807, 2.05) is 31.2 Å². The highest BCUT2D eigenvalue weighted by Gasteiger charge is 2.31. The number of hydrogen-bond donors (Lipinski definition) is 2. The molecule has 0 aliphatic carbocycles. The Labute approximate surface area is 141 Å². The summed E-state index contributed by atoms with van der Waals surface area (Å²) in [7, 11) is 0. The third-order valence-corrected chi connectivity index (χ3v) is 4.65. The average Bonchev–Trinajstić information content (AvgIpc) is 2.81. The first-order valence-electron chi connectivity index (χ1n) is 7.83. The van der Waals surface area contributed by atoms with E-state index < -0.39 is 5.25 Å². The molecule has 1 saturated heterocycles. The zero-order valence-electron chi connectivity index (χ0n) is 13.8.